The van der Waals surface area contributed by atoms with Gasteiger partial charge in [0.05, 0.1) is 0 Å². The minimum Gasteiger partial charge on any atom is -0.313 e. The van der Waals surface area contributed by atoms with Crippen molar-refractivity contribution in [2.45, 2.75) is 58.9 Å². The van der Waals surface area contributed by atoms with Crippen LogP contribution in [-0.2, 0) is 0 Å². The Bertz CT molecular complexity index is 382. The fourth-order valence-electron chi connectivity index (χ4n) is 2.93. The van der Waals surface area contributed by atoms with E-state index < -0.39 is 0 Å². The third kappa shape index (κ3) is 4.79. The standard InChI is InChI=1S/C19H31N/c1-6-15(4)14-18(20-8-3)19(16(5)7-2)17-12-10-9-11-13-17/h9-13,16,18-20H,4,6-8,14H2,1-3,5H3. The summed E-state index contributed by atoms with van der Waals surface area (Å²) in [6.45, 7) is 14.3. The maximum atomic E-state index is 4.22. The first-order valence-corrected chi connectivity index (χ1v) is 8.08. The van der Waals surface area contributed by atoms with E-state index in [1.54, 1.807) is 0 Å². The molecule has 0 amide bonds. The van der Waals surface area contributed by atoms with E-state index in [4.69, 9.17) is 0 Å². The second-order valence-electron chi connectivity index (χ2n) is 5.79. The molecular weight excluding hydrogens is 242 g/mol. The Morgan fingerprint density at radius 3 is 2.30 bits per heavy atom. The SMILES string of the molecule is C=C(CC)CC(NCC)C(c1ccccc1)C(C)CC. The lowest BCUT2D eigenvalue weighted by atomic mass is 9.78. The number of likely N-dealkylation sites (N-methyl/N-ethyl adjacent to an activating group) is 1. The predicted molar refractivity (Wildman–Crippen MR) is 90.2 cm³/mol. The van der Waals surface area contributed by atoms with Crippen LogP contribution in [0.4, 0.5) is 0 Å². The molecule has 1 N–H and O–H groups in total. The molecule has 0 aliphatic heterocycles. The summed E-state index contributed by atoms with van der Waals surface area (Å²) < 4.78 is 0. The van der Waals surface area contributed by atoms with Gasteiger partial charge in [-0.2, -0.15) is 0 Å². The quantitative estimate of drug-likeness (QED) is 0.613. The zero-order chi connectivity index (χ0) is 15.0. The highest BCUT2D eigenvalue weighted by Gasteiger charge is 2.27. The van der Waals surface area contributed by atoms with E-state index in [0.29, 0.717) is 17.9 Å². The third-order valence-electron chi connectivity index (χ3n) is 4.35. The minimum atomic E-state index is 0.491. The van der Waals surface area contributed by atoms with Crippen LogP contribution >= 0.6 is 0 Å². The molecule has 112 valence electrons. The van der Waals surface area contributed by atoms with Gasteiger partial charge in [-0.3, -0.25) is 0 Å². The van der Waals surface area contributed by atoms with Gasteiger partial charge in [-0.15, -0.1) is 0 Å². The Labute approximate surface area is 125 Å². The first kappa shape index (κ1) is 17.0. The molecule has 1 aromatic rings. The molecule has 0 radical (unpaired) electrons. The number of benzene rings is 1. The van der Waals surface area contributed by atoms with Gasteiger partial charge in [-0.1, -0.05) is 76.6 Å². The molecule has 3 atom stereocenters. The van der Waals surface area contributed by atoms with Crippen molar-refractivity contribution >= 4 is 0 Å². The molecular formula is C19H31N. The lowest BCUT2D eigenvalue weighted by Gasteiger charge is -2.33. The Morgan fingerprint density at radius 1 is 1.15 bits per heavy atom. The number of rotatable bonds is 9. The smallest absolute Gasteiger partial charge is 0.0175 e. The molecule has 0 bridgehead atoms. The Kier molecular flexibility index (Phi) is 7.61. The number of hydrogen-bond donors (Lipinski definition) is 1. The van der Waals surface area contributed by atoms with Crippen LogP contribution in [0.1, 0.15) is 58.4 Å². The van der Waals surface area contributed by atoms with Gasteiger partial charge in [-0.25, -0.2) is 0 Å². The molecule has 0 saturated carbocycles. The van der Waals surface area contributed by atoms with Crippen molar-refractivity contribution in [2.24, 2.45) is 5.92 Å². The van der Waals surface area contributed by atoms with Gasteiger partial charge < -0.3 is 5.32 Å². The van der Waals surface area contributed by atoms with Gasteiger partial charge in [0.2, 0.25) is 0 Å². The fourth-order valence-corrected chi connectivity index (χ4v) is 2.93. The number of hydrogen-bond acceptors (Lipinski definition) is 1. The summed E-state index contributed by atoms with van der Waals surface area (Å²) in [5.41, 5.74) is 2.80. The molecule has 0 aliphatic rings. The molecule has 1 nitrogen and oxygen atoms in total. The summed E-state index contributed by atoms with van der Waals surface area (Å²) in [7, 11) is 0. The van der Waals surface area contributed by atoms with Crippen LogP contribution in [0.3, 0.4) is 0 Å². The summed E-state index contributed by atoms with van der Waals surface area (Å²) in [5.74, 6) is 1.23. The predicted octanol–water partition coefficient (Wildman–Crippen LogP) is 5.15. The second-order valence-corrected chi connectivity index (χ2v) is 5.79. The van der Waals surface area contributed by atoms with Crippen LogP contribution in [0.15, 0.2) is 42.5 Å². The van der Waals surface area contributed by atoms with E-state index in [1.807, 2.05) is 0 Å². The Hall–Kier alpha value is -1.08. The lowest BCUT2D eigenvalue weighted by molar-refractivity contribution is 0.335. The van der Waals surface area contributed by atoms with Gasteiger partial charge in [0.15, 0.2) is 0 Å². The van der Waals surface area contributed by atoms with Crippen LogP contribution in [0, 0.1) is 5.92 Å². The summed E-state index contributed by atoms with van der Waals surface area (Å²) >= 11 is 0. The van der Waals surface area contributed by atoms with Crippen molar-refractivity contribution in [3.63, 3.8) is 0 Å². The average Bonchev–Trinajstić information content (AvgIpc) is 2.48. The van der Waals surface area contributed by atoms with Crippen molar-refractivity contribution in [3.05, 3.63) is 48.0 Å². The molecule has 0 spiro atoms. The van der Waals surface area contributed by atoms with Gasteiger partial charge in [0.1, 0.15) is 0 Å². The van der Waals surface area contributed by atoms with E-state index in [9.17, 15) is 0 Å². The molecule has 0 fully saturated rings. The van der Waals surface area contributed by atoms with Gasteiger partial charge in [0, 0.05) is 12.0 Å². The molecule has 0 aromatic heterocycles. The summed E-state index contributed by atoms with van der Waals surface area (Å²) in [5, 5.41) is 3.70. The van der Waals surface area contributed by atoms with E-state index in [1.165, 1.54) is 17.6 Å². The van der Waals surface area contributed by atoms with Crippen LogP contribution < -0.4 is 5.32 Å². The van der Waals surface area contributed by atoms with Gasteiger partial charge in [-0.05, 0) is 30.9 Å². The molecule has 0 saturated heterocycles. The normalized spacial score (nSPS) is 15.6. The van der Waals surface area contributed by atoms with Crippen molar-refractivity contribution in [3.8, 4) is 0 Å². The van der Waals surface area contributed by atoms with Gasteiger partial charge >= 0.3 is 0 Å². The van der Waals surface area contributed by atoms with Crippen LogP contribution in [0.5, 0.6) is 0 Å². The monoisotopic (exact) mass is 273 g/mol. The summed E-state index contributed by atoms with van der Waals surface area (Å²) in [4.78, 5) is 0. The molecule has 0 aliphatic carbocycles. The number of nitrogens with one attached hydrogen (secondary N) is 1. The summed E-state index contributed by atoms with van der Waals surface area (Å²) in [6, 6.07) is 11.4. The molecule has 3 unspecified atom stereocenters. The molecule has 1 aromatic carbocycles. The van der Waals surface area contributed by atoms with E-state index >= 15 is 0 Å². The molecule has 1 heteroatoms. The van der Waals surface area contributed by atoms with Crippen LogP contribution in [0.25, 0.3) is 0 Å². The minimum absolute atomic E-state index is 0.491. The van der Waals surface area contributed by atoms with E-state index in [-0.39, 0.29) is 0 Å². The lowest BCUT2D eigenvalue weighted by Crippen LogP contribution is -2.38. The zero-order valence-corrected chi connectivity index (χ0v) is 13.7. The Morgan fingerprint density at radius 2 is 1.80 bits per heavy atom. The van der Waals surface area contributed by atoms with Crippen LogP contribution in [0.2, 0.25) is 0 Å². The maximum absolute atomic E-state index is 4.22. The van der Waals surface area contributed by atoms with Crippen LogP contribution in [-0.4, -0.2) is 12.6 Å². The van der Waals surface area contributed by atoms with E-state index in [0.717, 1.165) is 19.4 Å². The van der Waals surface area contributed by atoms with Crippen molar-refractivity contribution in [1.29, 1.82) is 0 Å². The fraction of sp³-hybridized carbons (Fsp3) is 0.579. The first-order valence-electron chi connectivity index (χ1n) is 8.08. The Balaban J connectivity index is 3.01. The molecule has 20 heavy (non-hydrogen) atoms. The highest BCUT2D eigenvalue weighted by molar-refractivity contribution is 5.23. The van der Waals surface area contributed by atoms with E-state index in [2.05, 4.69) is 69.9 Å². The third-order valence-corrected chi connectivity index (χ3v) is 4.35. The topological polar surface area (TPSA) is 12.0 Å². The second kappa shape index (κ2) is 8.97. The van der Waals surface area contributed by atoms with Crippen molar-refractivity contribution < 1.29 is 0 Å². The maximum Gasteiger partial charge on any atom is 0.0175 e. The van der Waals surface area contributed by atoms with Crippen molar-refractivity contribution in [2.75, 3.05) is 6.54 Å². The van der Waals surface area contributed by atoms with Crippen molar-refractivity contribution in [1.82, 2.24) is 5.32 Å². The molecule has 1 rings (SSSR count). The highest BCUT2D eigenvalue weighted by Crippen LogP contribution is 2.33. The van der Waals surface area contributed by atoms with Gasteiger partial charge in [0.25, 0.3) is 0 Å². The first-order chi connectivity index (χ1) is 9.63. The molecule has 0 heterocycles. The average molecular weight is 273 g/mol. The largest absolute Gasteiger partial charge is 0.313 e. The highest BCUT2D eigenvalue weighted by atomic mass is 14.9. The zero-order valence-electron chi connectivity index (χ0n) is 13.7. The summed E-state index contributed by atoms with van der Waals surface area (Å²) in [6.07, 6.45) is 3.36.